The molecule has 17 heavy (non-hydrogen) atoms. The number of rotatable bonds is 2. The van der Waals surface area contributed by atoms with Crippen LogP contribution in [0.1, 0.15) is 17.0 Å². The van der Waals surface area contributed by atoms with Gasteiger partial charge in [0, 0.05) is 0 Å². The summed E-state index contributed by atoms with van der Waals surface area (Å²) in [5.74, 6) is -0.0881. The van der Waals surface area contributed by atoms with Crippen molar-refractivity contribution in [2.24, 2.45) is 5.73 Å². The molecule has 0 radical (unpaired) electrons. The van der Waals surface area contributed by atoms with Gasteiger partial charge in [0.2, 0.25) is 0 Å². The van der Waals surface area contributed by atoms with E-state index < -0.39 is 0 Å². The fraction of sp³-hybridized carbons (Fsp3) is 0.133. The van der Waals surface area contributed by atoms with Crippen molar-refractivity contribution in [1.29, 1.82) is 0 Å². The van der Waals surface area contributed by atoms with E-state index in [4.69, 9.17) is 5.73 Å². The molecule has 0 spiro atoms. The van der Waals surface area contributed by atoms with Gasteiger partial charge in [-0.1, -0.05) is 48.5 Å². The van der Waals surface area contributed by atoms with E-state index in [-0.39, 0.29) is 18.2 Å². The van der Waals surface area contributed by atoms with E-state index in [0.29, 0.717) is 0 Å². The van der Waals surface area contributed by atoms with Crippen molar-refractivity contribution in [3.63, 3.8) is 0 Å². The Kier molecular flexibility index (Phi) is 2.30. The molecule has 0 fully saturated rings. The quantitative estimate of drug-likeness (QED) is 0.849. The molecule has 2 aromatic rings. The van der Waals surface area contributed by atoms with E-state index in [1.807, 2.05) is 36.4 Å². The van der Waals surface area contributed by atoms with Crippen LogP contribution in [0.3, 0.4) is 0 Å². The van der Waals surface area contributed by atoms with E-state index in [9.17, 15) is 4.79 Å². The molecule has 2 N–H and O–H groups in total. The van der Waals surface area contributed by atoms with Gasteiger partial charge in [-0.3, -0.25) is 4.79 Å². The lowest BCUT2D eigenvalue weighted by Crippen LogP contribution is -2.21. The summed E-state index contributed by atoms with van der Waals surface area (Å²) < 4.78 is 0. The number of carbonyl (C=O) groups is 1. The topological polar surface area (TPSA) is 43.1 Å². The molecule has 0 aliphatic heterocycles. The van der Waals surface area contributed by atoms with Crippen molar-refractivity contribution in [1.82, 2.24) is 0 Å². The average molecular weight is 223 g/mol. The first kappa shape index (κ1) is 10.2. The van der Waals surface area contributed by atoms with E-state index in [0.717, 1.165) is 22.3 Å². The summed E-state index contributed by atoms with van der Waals surface area (Å²) in [5, 5.41) is 0. The van der Waals surface area contributed by atoms with Crippen molar-refractivity contribution in [2.75, 3.05) is 6.54 Å². The van der Waals surface area contributed by atoms with Crippen LogP contribution < -0.4 is 5.73 Å². The van der Waals surface area contributed by atoms with Gasteiger partial charge in [0.25, 0.3) is 0 Å². The van der Waals surface area contributed by atoms with Crippen LogP contribution >= 0.6 is 0 Å². The third kappa shape index (κ3) is 1.41. The second-order valence-corrected chi connectivity index (χ2v) is 4.28. The van der Waals surface area contributed by atoms with Crippen LogP contribution in [0.15, 0.2) is 48.5 Å². The molecule has 0 amide bonds. The van der Waals surface area contributed by atoms with Gasteiger partial charge < -0.3 is 5.73 Å². The molecular weight excluding hydrogens is 210 g/mol. The van der Waals surface area contributed by atoms with Crippen LogP contribution in [0.5, 0.6) is 0 Å². The van der Waals surface area contributed by atoms with Gasteiger partial charge in [-0.2, -0.15) is 0 Å². The molecule has 0 bridgehead atoms. The molecule has 0 heterocycles. The number of hydrogen-bond donors (Lipinski definition) is 1. The predicted molar refractivity (Wildman–Crippen MR) is 67.8 cm³/mol. The van der Waals surface area contributed by atoms with Crippen LogP contribution in [0.4, 0.5) is 0 Å². The maximum atomic E-state index is 12.0. The van der Waals surface area contributed by atoms with Crippen LogP contribution in [0.2, 0.25) is 0 Å². The Morgan fingerprint density at radius 1 is 0.941 bits per heavy atom. The highest BCUT2D eigenvalue weighted by atomic mass is 16.1. The standard InChI is InChI=1S/C15H13NO/c16-9-14(17)15-12-7-3-1-5-10(12)11-6-2-4-8-13(11)15/h1-8,15H,9,16H2. The van der Waals surface area contributed by atoms with Gasteiger partial charge in [0.15, 0.2) is 5.78 Å². The molecule has 0 saturated carbocycles. The Morgan fingerprint density at radius 3 is 1.88 bits per heavy atom. The molecule has 84 valence electrons. The van der Waals surface area contributed by atoms with Crippen molar-refractivity contribution >= 4 is 5.78 Å². The minimum atomic E-state index is -0.174. The van der Waals surface area contributed by atoms with Crippen LogP contribution in [-0.4, -0.2) is 12.3 Å². The molecule has 0 atom stereocenters. The second-order valence-electron chi connectivity index (χ2n) is 4.28. The second kappa shape index (κ2) is 3.82. The van der Waals surface area contributed by atoms with E-state index in [2.05, 4.69) is 12.1 Å². The Balaban J connectivity index is 2.27. The normalized spacial score (nSPS) is 13.2. The molecule has 2 nitrogen and oxygen atoms in total. The van der Waals surface area contributed by atoms with Gasteiger partial charge in [-0.25, -0.2) is 0 Å². The average Bonchev–Trinajstić information content (AvgIpc) is 2.72. The Bertz CT molecular complexity index is 543. The summed E-state index contributed by atoms with van der Waals surface area (Å²) in [4.78, 5) is 12.0. The Morgan fingerprint density at radius 2 is 1.41 bits per heavy atom. The zero-order valence-corrected chi connectivity index (χ0v) is 9.39. The first-order valence-corrected chi connectivity index (χ1v) is 5.74. The molecule has 1 aliphatic rings. The fourth-order valence-electron chi connectivity index (χ4n) is 2.62. The number of hydrogen-bond acceptors (Lipinski definition) is 2. The molecule has 2 aromatic carbocycles. The molecule has 3 rings (SSSR count). The molecule has 2 heteroatoms. The monoisotopic (exact) mass is 223 g/mol. The maximum absolute atomic E-state index is 12.0. The molecular formula is C15H13NO. The number of nitrogens with two attached hydrogens (primary N) is 1. The van der Waals surface area contributed by atoms with Gasteiger partial charge in [0.1, 0.15) is 0 Å². The first-order chi connectivity index (χ1) is 8.33. The van der Waals surface area contributed by atoms with Crippen molar-refractivity contribution in [3.8, 4) is 11.1 Å². The third-order valence-corrected chi connectivity index (χ3v) is 3.36. The van der Waals surface area contributed by atoms with E-state index in [1.165, 1.54) is 0 Å². The maximum Gasteiger partial charge on any atom is 0.158 e. The Hall–Kier alpha value is -1.93. The SMILES string of the molecule is NCC(=O)C1c2ccccc2-c2ccccc21. The minimum Gasteiger partial charge on any atom is -0.324 e. The first-order valence-electron chi connectivity index (χ1n) is 5.74. The fourth-order valence-corrected chi connectivity index (χ4v) is 2.62. The van der Waals surface area contributed by atoms with Crippen LogP contribution in [0, 0.1) is 0 Å². The summed E-state index contributed by atoms with van der Waals surface area (Å²) in [7, 11) is 0. The largest absolute Gasteiger partial charge is 0.324 e. The van der Waals surface area contributed by atoms with Crippen molar-refractivity contribution in [3.05, 3.63) is 59.7 Å². The van der Waals surface area contributed by atoms with E-state index in [1.54, 1.807) is 0 Å². The van der Waals surface area contributed by atoms with Gasteiger partial charge in [-0.15, -0.1) is 0 Å². The highest BCUT2D eigenvalue weighted by Crippen LogP contribution is 2.44. The lowest BCUT2D eigenvalue weighted by atomic mass is 9.93. The lowest BCUT2D eigenvalue weighted by molar-refractivity contribution is -0.118. The number of fused-ring (bicyclic) bond motifs is 3. The summed E-state index contributed by atoms with van der Waals surface area (Å²) in [6.45, 7) is 0.0906. The molecule has 1 aliphatic carbocycles. The molecule has 0 unspecified atom stereocenters. The number of ketones is 1. The summed E-state index contributed by atoms with van der Waals surface area (Å²) in [6.07, 6.45) is 0. The Labute approximate surface area is 100 Å². The number of Topliss-reactive ketones (excluding diaryl/α,β-unsaturated/α-hetero) is 1. The lowest BCUT2D eigenvalue weighted by Gasteiger charge is -2.10. The summed E-state index contributed by atoms with van der Waals surface area (Å²) >= 11 is 0. The summed E-state index contributed by atoms with van der Waals surface area (Å²) in [6, 6.07) is 16.1. The zero-order chi connectivity index (χ0) is 11.8. The van der Waals surface area contributed by atoms with E-state index >= 15 is 0 Å². The zero-order valence-electron chi connectivity index (χ0n) is 9.39. The predicted octanol–water partition coefficient (Wildman–Crippen LogP) is 2.33. The van der Waals surface area contributed by atoms with Gasteiger partial charge in [-0.05, 0) is 22.3 Å². The third-order valence-electron chi connectivity index (χ3n) is 3.36. The minimum absolute atomic E-state index is 0.0856. The highest BCUT2D eigenvalue weighted by Gasteiger charge is 2.32. The smallest absolute Gasteiger partial charge is 0.158 e. The number of benzene rings is 2. The highest BCUT2D eigenvalue weighted by molar-refractivity contribution is 5.98. The van der Waals surface area contributed by atoms with Crippen molar-refractivity contribution < 1.29 is 4.79 Å². The number of carbonyl (C=O) groups excluding carboxylic acids is 1. The van der Waals surface area contributed by atoms with Crippen LogP contribution in [0.25, 0.3) is 11.1 Å². The van der Waals surface area contributed by atoms with Crippen molar-refractivity contribution in [2.45, 2.75) is 5.92 Å². The van der Waals surface area contributed by atoms with Gasteiger partial charge in [0.05, 0.1) is 12.5 Å². The van der Waals surface area contributed by atoms with Gasteiger partial charge >= 0.3 is 0 Å². The summed E-state index contributed by atoms with van der Waals surface area (Å²) in [5.41, 5.74) is 10.0. The van der Waals surface area contributed by atoms with Crippen LogP contribution in [-0.2, 0) is 4.79 Å². The molecule has 0 aromatic heterocycles. The molecule has 0 saturated heterocycles.